The Morgan fingerprint density at radius 3 is 2.76 bits per heavy atom. The van der Waals surface area contributed by atoms with E-state index in [1.54, 1.807) is 22.7 Å². The zero-order valence-electron chi connectivity index (χ0n) is 14.6. The van der Waals surface area contributed by atoms with Crippen molar-refractivity contribution in [2.24, 2.45) is 5.92 Å². The average Bonchev–Trinajstić information content (AvgIpc) is 3.22. The van der Waals surface area contributed by atoms with Crippen LogP contribution in [-0.2, 0) is 12.8 Å². The van der Waals surface area contributed by atoms with E-state index in [9.17, 15) is 4.79 Å². The summed E-state index contributed by atoms with van der Waals surface area (Å²) in [7, 11) is 0. The van der Waals surface area contributed by atoms with Crippen molar-refractivity contribution in [3.05, 3.63) is 45.6 Å². The lowest BCUT2D eigenvalue weighted by Gasteiger charge is -2.21. The molecule has 3 aromatic rings. The molecule has 0 aliphatic heterocycles. The minimum absolute atomic E-state index is 0.104. The Balaban J connectivity index is 1.70. The van der Waals surface area contributed by atoms with E-state index < -0.39 is 0 Å². The fourth-order valence-electron chi connectivity index (χ4n) is 3.32. The van der Waals surface area contributed by atoms with Crippen LogP contribution in [0.3, 0.4) is 0 Å². The fraction of sp³-hybridized carbons (Fsp3) is 0.400. The van der Waals surface area contributed by atoms with Crippen molar-refractivity contribution in [3.8, 4) is 0 Å². The maximum Gasteiger partial charge on any atom is 0.270 e. The minimum Gasteiger partial charge on any atom is -0.283 e. The summed E-state index contributed by atoms with van der Waals surface area (Å²) in [5.41, 5.74) is 2.35. The van der Waals surface area contributed by atoms with E-state index in [-0.39, 0.29) is 5.91 Å². The first-order valence-electron chi connectivity index (χ1n) is 8.91. The summed E-state index contributed by atoms with van der Waals surface area (Å²) in [5.74, 6) is 0.498. The van der Waals surface area contributed by atoms with E-state index in [0.29, 0.717) is 12.5 Å². The largest absolute Gasteiger partial charge is 0.283 e. The lowest BCUT2D eigenvalue weighted by Crippen LogP contribution is -2.33. The lowest BCUT2D eigenvalue weighted by molar-refractivity contribution is 0.0987. The molecule has 130 valence electrons. The number of hydrogen-bond donors (Lipinski definition) is 0. The van der Waals surface area contributed by atoms with Crippen LogP contribution in [0.1, 0.15) is 46.8 Å². The van der Waals surface area contributed by atoms with Gasteiger partial charge in [-0.25, -0.2) is 4.98 Å². The Bertz CT molecular complexity index is 853. The molecule has 5 heteroatoms. The predicted molar refractivity (Wildman–Crippen MR) is 107 cm³/mol. The number of aromatic nitrogens is 1. The van der Waals surface area contributed by atoms with Crippen molar-refractivity contribution < 1.29 is 4.79 Å². The molecule has 1 amide bonds. The zero-order chi connectivity index (χ0) is 17.4. The van der Waals surface area contributed by atoms with Gasteiger partial charge in [-0.1, -0.05) is 37.3 Å². The molecule has 0 spiro atoms. The maximum atomic E-state index is 13.3. The SMILES string of the molecule is CC(C)CN(C(=O)c1cc2c(s1)CCCC2)c1nc2ccccc2s1. The molecule has 0 bridgehead atoms. The second kappa shape index (κ2) is 6.89. The molecule has 0 N–H and O–H groups in total. The average molecular weight is 371 g/mol. The van der Waals surface area contributed by atoms with Gasteiger partial charge in [0.2, 0.25) is 0 Å². The molecule has 1 aliphatic rings. The van der Waals surface area contributed by atoms with Gasteiger partial charge in [0, 0.05) is 11.4 Å². The number of rotatable bonds is 4. The molecular weight excluding hydrogens is 348 g/mol. The van der Waals surface area contributed by atoms with Gasteiger partial charge in [-0.3, -0.25) is 9.69 Å². The zero-order valence-corrected chi connectivity index (χ0v) is 16.3. The number of thiophene rings is 1. The van der Waals surface area contributed by atoms with Crippen LogP contribution in [-0.4, -0.2) is 17.4 Å². The van der Waals surface area contributed by atoms with Crippen molar-refractivity contribution in [1.82, 2.24) is 4.98 Å². The Morgan fingerprint density at radius 2 is 2.00 bits per heavy atom. The van der Waals surface area contributed by atoms with Crippen LogP contribution < -0.4 is 4.90 Å². The monoisotopic (exact) mass is 370 g/mol. The van der Waals surface area contributed by atoms with Gasteiger partial charge in [0.05, 0.1) is 15.1 Å². The third-order valence-electron chi connectivity index (χ3n) is 4.51. The predicted octanol–water partition coefficient (Wildman–Crippen LogP) is 5.54. The third-order valence-corrected chi connectivity index (χ3v) is 6.80. The van der Waals surface area contributed by atoms with E-state index in [1.807, 2.05) is 23.1 Å². The smallest absolute Gasteiger partial charge is 0.270 e. The molecule has 0 atom stereocenters. The third kappa shape index (κ3) is 3.35. The molecule has 0 saturated heterocycles. The van der Waals surface area contributed by atoms with Crippen LogP contribution in [0.25, 0.3) is 10.2 Å². The molecule has 0 unspecified atom stereocenters. The van der Waals surface area contributed by atoms with Crippen LogP contribution in [0.2, 0.25) is 0 Å². The maximum absolute atomic E-state index is 13.3. The summed E-state index contributed by atoms with van der Waals surface area (Å²) >= 11 is 3.29. The number of carbonyl (C=O) groups is 1. The van der Waals surface area contributed by atoms with Crippen LogP contribution in [0, 0.1) is 5.92 Å². The standard InChI is InChI=1S/C20H22N2OS2/c1-13(2)12-22(20-21-15-8-4-6-10-17(15)25-20)19(23)18-11-14-7-3-5-9-16(14)24-18/h4,6,8,10-11,13H,3,5,7,9,12H2,1-2H3. The van der Waals surface area contributed by atoms with Crippen LogP contribution >= 0.6 is 22.7 Å². The van der Waals surface area contributed by atoms with Crippen LogP contribution in [0.4, 0.5) is 5.13 Å². The van der Waals surface area contributed by atoms with Crippen molar-refractivity contribution in [2.45, 2.75) is 39.5 Å². The van der Waals surface area contributed by atoms with Crippen molar-refractivity contribution in [3.63, 3.8) is 0 Å². The fourth-order valence-corrected chi connectivity index (χ4v) is 5.49. The molecule has 1 aromatic carbocycles. The Labute approximate surface area is 156 Å². The number of carbonyl (C=O) groups excluding carboxylic acids is 1. The number of aryl methyl sites for hydroxylation is 2. The second-order valence-electron chi connectivity index (χ2n) is 7.04. The van der Waals surface area contributed by atoms with E-state index in [0.717, 1.165) is 33.1 Å². The topological polar surface area (TPSA) is 33.2 Å². The summed E-state index contributed by atoms with van der Waals surface area (Å²) in [5, 5.41) is 0.811. The number of nitrogens with zero attached hydrogens (tertiary/aromatic N) is 2. The molecule has 0 fully saturated rings. The van der Waals surface area contributed by atoms with E-state index in [2.05, 4.69) is 26.0 Å². The molecule has 2 heterocycles. The van der Waals surface area contributed by atoms with Gasteiger partial charge >= 0.3 is 0 Å². The molecule has 1 aliphatic carbocycles. The molecule has 3 nitrogen and oxygen atoms in total. The Hall–Kier alpha value is -1.72. The highest BCUT2D eigenvalue weighted by molar-refractivity contribution is 7.22. The first-order chi connectivity index (χ1) is 12.1. The Morgan fingerprint density at radius 1 is 1.20 bits per heavy atom. The normalized spacial score (nSPS) is 14.0. The molecule has 4 rings (SSSR count). The van der Waals surface area contributed by atoms with Gasteiger partial charge in [-0.2, -0.15) is 0 Å². The van der Waals surface area contributed by atoms with Gasteiger partial charge in [-0.15, -0.1) is 11.3 Å². The van der Waals surface area contributed by atoms with Crippen molar-refractivity contribution in [1.29, 1.82) is 0 Å². The lowest BCUT2D eigenvalue weighted by atomic mass is 9.99. The number of amides is 1. The number of benzene rings is 1. The highest BCUT2D eigenvalue weighted by Gasteiger charge is 2.25. The number of fused-ring (bicyclic) bond motifs is 2. The van der Waals surface area contributed by atoms with Gasteiger partial charge in [0.15, 0.2) is 5.13 Å². The van der Waals surface area contributed by atoms with E-state index in [4.69, 9.17) is 4.98 Å². The van der Waals surface area contributed by atoms with E-state index in [1.165, 1.54) is 23.3 Å². The second-order valence-corrected chi connectivity index (χ2v) is 9.19. The Kier molecular flexibility index (Phi) is 4.61. The summed E-state index contributed by atoms with van der Waals surface area (Å²) in [6.07, 6.45) is 4.72. The summed E-state index contributed by atoms with van der Waals surface area (Å²) in [4.78, 5) is 22.2. The molecule has 0 radical (unpaired) electrons. The van der Waals surface area contributed by atoms with Crippen LogP contribution in [0.15, 0.2) is 30.3 Å². The summed E-state index contributed by atoms with van der Waals surface area (Å²) in [6.45, 7) is 4.99. The molecular formula is C20H22N2OS2. The van der Waals surface area contributed by atoms with Crippen LogP contribution in [0.5, 0.6) is 0 Å². The highest BCUT2D eigenvalue weighted by Crippen LogP contribution is 2.34. The number of thiazole rings is 1. The first kappa shape index (κ1) is 16.7. The number of hydrogen-bond acceptors (Lipinski definition) is 4. The minimum atomic E-state index is 0.104. The molecule has 2 aromatic heterocycles. The van der Waals surface area contributed by atoms with Gasteiger partial charge in [-0.05, 0) is 55.4 Å². The van der Waals surface area contributed by atoms with E-state index >= 15 is 0 Å². The van der Waals surface area contributed by atoms with Gasteiger partial charge in [0.1, 0.15) is 0 Å². The van der Waals surface area contributed by atoms with Crippen molar-refractivity contribution >= 4 is 43.9 Å². The van der Waals surface area contributed by atoms with Gasteiger partial charge in [0.25, 0.3) is 5.91 Å². The quantitative estimate of drug-likeness (QED) is 0.604. The number of para-hydroxylation sites is 1. The molecule has 0 saturated carbocycles. The first-order valence-corrected chi connectivity index (χ1v) is 10.5. The van der Waals surface area contributed by atoms with Gasteiger partial charge < -0.3 is 0 Å². The number of anilines is 1. The summed E-state index contributed by atoms with van der Waals surface area (Å²) in [6, 6.07) is 10.2. The highest BCUT2D eigenvalue weighted by atomic mass is 32.1. The van der Waals surface area contributed by atoms with Crippen molar-refractivity contribution in [2.75, 3.05) is 11.4 Å². The summed E-state index contributed by atoms with van der Waals surface area (Å²) < 4.78 is 1.13. The molecule has 25 heavy (non-hydrogen) atoms.